The van der Waals surface area contributed by atoms with Crippen molar-refractivity contribution >= 4 is 39.0 Å². The van der Waals surface area contributed by atoms with Crippen molar-refractivity contribution < 1.29 is 23.2 Å². The number of carboxylic acid groups (broad SMARTS) is 1. The molecule has 1 aromatic heterocycles. The normalized spacial score (nSPS) is 11.0. The summed E-state index contributed by atoms with van der Waals surface area (Å²) in [4.78, 5) is 31.3. The third-order valence-electron chi connectivity index (χ3n) is 4.03. The highest BCUT2D eigenvalue weighted by Gasteiger charge is 2.25. The number of benzene rings is 2. The van der Waals surface area contributed by atoms with Gasteiger partial charge in [-0.3, -0.25) is 15.5 Å². The first-order valence-electron chi connectivity index (χ1n) is 8.61. The molecule has 0 unspecified atom stereocenters. The molecule has 3 aromatic rings. The van der Waals surface area contributed by atoms with Crippen molar-refractivity contribution in [2.75, 3.05) is 10.7 Å². The number of aromatic nitrogens is 2. The molecular weight excluding hydrogens is 428 g/mol. The van der Waals surface area contributed by atoms with Crippen molar-refractivity contribution in [2.45, 2.75) is 11.8 Å². The fourth-order valence-electron chi connectivity index (χ4n) is 2.46. The van der Waals surface area contributed by atoms with Gasteiger partial charge in [-0.2, -0.15) is 0 Å². The van der Waals surface area contributed by atoms with E-state index in [0.717, 1.165) is 11.9 Å². The summed E-state index contributed by atoms with van der Waals surface area (Å²) in [5.41, 5.74) is 2.87. The van der Waals surface area contributed by atoms with Crippen molar-refractivity contribution in [3.63, 3.8) is 0 Å². The van der Waals surface area contributed by atoms with E-state index in [0.29, 0.717) is 5.69 Å². The third-order valence-corrected chi connectivity index (χ3v) is 5.30. The van der Waals surface area contributed by atoms with Crippen LogP contribution >= 0.6 is 0 Å². The van der Waals surface area contributed by atoms with Gasteiger partial charge in [0.2, 0.25) is 11.6 Å². The minimum Gasteiger partial charge on any atom is -0.478 e. The number of nitrogens with one attached hydrogen (secondary N) is 3. The summed E-state index contributed by atoms with van der Waals surface area (Å²) in [6.45, 7) is 1.80. The molecule has 0 bridgehead atoms. The molecule has 0 saturated heterocycles. The molecule has 3 rings (SSSR count). The Hall–Kier alpha value is -4.10. The van der Waals surface area contributed by atoms with Crippen LogP contribution in [-0.4, -0.2) is 34.4 Å². The summed E-state index contributed by atoms with van der Waals surface area (Å²) in [7, 11) is -4.02. The van der Waals surface area contributed by atoms with Gasteiger partial charge in [0.05, 0.1) is 15.4 Å². The Balaban J connectivity index is 1.85. The molecule has 13 heteroatoms. The number of anilines is 3. The molecule has 0 atom stereocenters. The fourth-order valence-corrected chi connectivity index (χ4v) is 3.30. The fraction of sp³-hybridized carbons (Fsp3) is 0.0556. The second-order valence-corrected chi connectivity index (χ2v) is 7.91. The quantitative estimate of drug-likeness (QED) is 0.298. The lowest BCUT2D eigenvalue weighted by molar-refractivity contribution is -0.383. The van der Waals surface area contributed by atoms with Gasteiger partial charge in [0.1, 0.15) is 6.33 Å². The molecule has 160 valence electrons. The second-order valence-electron chi connectivity index (χ2n) is 6.23. The number of hydrazine groups is 1. The zero-order chi connectivity index (χ0) is 22.6. The van der Waals surface area contributed by atoms with Gasteiger partial charge in [0.15, 0.2) is 0 Å². The SMILES string of the molecule is Cc1ccc(S(=O)(=O)NNc2ncnc(Nc3ccc(C(=O)O)cc3)c2[N+](=O)[O-])cc1. The van der Waals surface area contributed by atoms with Gasteiger partial charge in [-0.25, -0.2) is 23.2 Å². The van der Waals surface area contributed by atoms with Crippen LogP contribution in [0.1, 0.15) is 15.9 Å². The molecule has 0 aliphatic rings. The Kier molecular flexibility index (Phi) is 6.08. The average molecular weight is 444 g/mol. The third kappa shape index (κ3) is 5.09. The van der Waals surface area contributed by atoms with Gasteiger partial charge >= 0.3 is 11.7 Å². The first-order chi connectivity index (χ1) is 14.7. The molecular formula is C18H16N6O6S. The van der Waals surface area contributed by atoms with Gasteiger partial charge in [-0.1, -0.05) is 17.7 Å². The van der Waals surface area contributed by atoms with E-state index >= 15 is 0 Å². The van der Waals surface area contributed by atoms with Gasteiger partial charge in [-0.05, 0) is 43.3 Å². The van der Waals surface area contributed by atoms with Crippen LogP contribution in [0.3, 0.4) is 0 Å². The Labute approximate surface area is 176 Å². The van der Waals surface area contributed by atoms with Crippen molar-refractivity contribution in [2.24, 2.45) is 0 Å². The smallest absolute Gasteiger partial charge is 0.354 e. The lowest BCUT2D eigenvalue weighted by Gasteiger charge is -2.11. The van der Waals surface area contributed by atoms with Crippen LogP contribution in [-0.2, 0) is 10.0 Å². The van der Waals surface area contributed by atoms with Crippen LogP contribution in [0.5, 0.6) is 0 Å². The van der Waals surface area contributed by atoms with Crippen LogP contribution in [0.2, 0.25) is 0 Å². The van der Waals surface area contributed by atoms with Gasteiger partial charge in [0.25, 0.3) is 10.0 Å². The average Bonchev–Trinajstić information content (AvgIpc) is 2.73. The van der Waals surface area contributed by atoms with Crippen LogP contribution in [0.15, 0.2) is 59.8 Å². The highest BCUT2D eigenvalue weighted by atomic mass is 32.2. The Morgan fingerprint density at radius 3 is 2.23 bits per heavy atom. The monoisotopic (exact) mass is 444 g/mol. The maximum atomic E-state index is 12.4. The van der Waals surface area contributed by atoms with Crippen LogP contribution < -0.4 is 15.6 Å². The van der Waals surface area contributed by atoms with E-state index in [1.54, 1.807) is 19.1 Å². The van der Waals surface area contributed by atoms with E-state index < -0.39 is 26.6 Å². The lowest BCUT2D eigenvalue weighted by Crippen LogP contribution is -2.30. The molecule has 0 fully saturated rings. The van der Waals surface area contributed by atoms with E-state index in [2.05, 4.69) is 25.5 Å². The molecule has 4 N–H and O–H groups in total. The molecule has 12 nitrogen and oxygen atoms in total. The largest absolute Gasteiger partial charge is 0.478 e. The molecule has 0 spiro atoms. The summed E-state index contributed by atoms with van der Waals surface area (Å²) >= 11 is 0. The van der Waals surface area contributed by atoms with Crippen molar-refractivity contribution in [1.82, 2.24) is 14.8 Å². The predicted octanol–water partition coefficient (Wildman–Crippen LogP) is 2.44. The maximum Gasteiger partial charge on any atom is 0.354 e. The zero-order valence-corrected chi connectivity index (χ0v) is 16.8. The minimum atomic E-state index is -4.02. The van der Waals surface area contributed by atoms with Crippen LogP contribution in [0.25, 0.3) is 0 Å². The predicted molar refractivity (Wildman–Crippen MR) is 110 cm³/mol. The highest BCUT2D eigenvalue weighted by Crippen LogP contribution is 2.31. The molecule has 0 saturated carbocycles. The Bertz CT molecular complexity index is 1230. The second kappa shape index (κ2) is 8.73. The number of rotatable bonds is 8. The summed E-state index contributed by atoms with van der Waals surface area (Å²) in [5, 5.41) is 23.2. The standard InChI is InChI=1S/C18H16N6O6S/c1-11-2-8-14(9-3-11)31(29,30)23-22-17-15(24(27)28)16(19-10-20-17)21-13-6-4-12(5-7-13)18(25)26/h2-10,23H,1H3,(H,25,26)(H2,19,20,21,22). The van der Waals surface area contributed by atoms with E-state index in [9.17, 15) is 23.3 Å². The van der Waals surface area contributed by atoms with Crippen LogP contribution in [0, 0.1) is 17.0 Å². The van der Waals surface area contributed by atoms with Gasteiger partial charge in [0, 0.05) is 5.69 Å². The molecule has 0 aliphatic heterocycles. The number of nitro groups is 1. The number of sulfonamides is 1. The number of carbonyl (C=O) groups is 1. The number of aromatic carboxylic acids is 1. The van der Waals surface area contributed by atoms with Gasteiger partial charge < -0.3 is 10.4 Å². The van der Waals surface area contributed by atoms with Crippen molar-refractivity contribution in [3.8, 4) is 0 Å². The number of hydrogen-bond acceptors (Lipinski definition) is 9. The first kappa shape index (κ1) is 21.6. The van der Waals surface area contributed by atoms with Crippen molar-refractivity contribution in [3.05, 3.63) is 76.1 Å². The van der Waals surface area contributed by atoms with E-state index in [1.165, 1.54) is 36.4 Å². The first-order valence-corrected chi connectivity index (χ1v) is 10.1. The maximum absolute atomic E-state index is 12.4. The molecule has 31 heavy (non-hydrogen) atoms. The van der Waals surface area contributed by atoms with Gasteiger partial charge in [-0.15, -0.1) is 4.83 Å². The van der Waals surface area contributed by atoms with Crippen molar-refractivity contribution in [1.29, 1.82) is 0 Å². The van der Waals surface area contributed by atoms with Crippen LogP contribution in [0.4, 0.5) is 23.0 Å². The molecule has 1 heterocycles. The summed E-state index contributed by atoms with van der Waals surface area (Å²) < 4.78 is 24.8. The molecule has 2 aromatic carbocycles. The number of carboxylic acids is 1. The van der Waals surface area contributed by atoms with E-state index in [-0.39, 0.29) is 22.1 Å². The summed E-state index contributed by atoms with van der Waals surface area (Å²) in [5.74, 6) is -1.73. The van der Waals surface area contributed by atoms with E-state index in [1.807, 2.05) is 0 Å². The highest BCUT2D eigenvalue weighted by molar-refractivity contribution is 7.89. The number of aryl methyl sites for hydroxylation is 1. The molecule has 0 radical (unpaired) electrons. The van der Waals surface area contributed by atoms with E-state index in [4.69, 9.17) is 5.11 Å². The zero-order valence-electron chi connectivity index (χ0n) is 15.9. The Morgan fingerprint density at radius 2 is 1.65 bits per heavy atom. The summed E-state index contributed by atoms with van der Waals surface area (Å²) in [6, 6.07) is 11.4. The number of nitrogens with zero attached hydrogens (tertiary/aromatic N) is 3. The molecule has 0 aliphatic carbocycles. The minimum absolute atomic E-state index is 0.0376. The molecule has 0 amide bonds. The lowest BCUT2D eigenvalue weighted by atomic mass is 10.2. The summed E-state index contributed by atoms with van der Waals surface area (Å²) in [6.07, 6.45) is 1.00. The number of hydrogen-bond donors (Lipinski definition) is 4. The Morgan fingerprint density at radius 1 is 1.03 bits per heavy atom. The topological polar surface area (TPSA) is 176 Å².